The number of nitrogens with zero attached hydrogens (tertiary/aromatic N) is 1. The van der Waals surface area contributed by atoms with Gasteiger partial charge in [0.1, 0.15) is 5.52 Å². The largest absolute Gasteiger partial charge is 0.440 e. The van der Waals surface area contributed by atoms with Gasteiger partial charge in [-0.1, -0.05) is 19.1 Å². The number of rotatable bonds is 3. The minimum atomic E-state index is 0.274. The zero-order valence-electron chi connectivity index (χ0n) is 9.31. The SMILES string of the molecule is CCc1nc2cccc([C@@H]3C[C@H]3CO)c2o1. The topological polar surface area (TPSA) is 46.3 Å². The third-order valence-corrected chi connectivity index (χ3v) is 3.35. The number of para-hydroxylation sites is 1. The maximum absolute atomic E-state index is 9.11. The average molecular weight is 217 g/mol. The number of aryl methyl sites for hydroxylation is 1. The van der Waals surface area contributed by atoms with E-state index in [1.165, 1.54) is 5.56 Å². The van der Waals surface area contributed by atoms with E-state index in [4.69, 9.17) is 9.52 Å². The van der Waals surface area contributed by atoms with Crippen molar-refractivity contribution in [2.45, 2.75) is 25.7 Å². The second-order valence-electron chi connectivity index (χ2n) is 4.44. The van der Waals surface area contributed by atoms with Crippen LogP contribution in [0.15, 0.2) is 22.6 Å². The molecule has 0 amide bonds. The molecule has 3 heteroatoms. The van der Waals surface area contributed by atoms with Crippen molar-refractivity contribution >= 4 is 11.1 Å². The summed E-state index contributed by atoms with van der Waals surface area (Å²) >= 11 is 0. The molecule has 1 aliphatic rings. The van der Waals surface area contributed by atoms with Crippen molar-refractivity contribution in [1.29, 1.82) is 0 Å². The van der Waals surface area contributed by atoms with Crippen LogP contribution >= 0.6 is 0 Å². The van der Waals surface area contributed by atoms with Gasteiger partial charge in [-0.15, -0.1) is 0 Å². The summed E-state index contributed by atoms with van der Waals surface area (Å²) in [6, 6.07) is 6.09. The lowest BCUT2D eigenvalue weighted by atomic mass is 10.1. The molecule has 1 N–H and O–H groups in total. The predicted molar refractivity (Wildman–Crippen MR) is 61.3 cm³/mol. The van der Waals surface area contributed by atoms with Crippen LogP contribution in [0, 0.1) is 5.92 Å². The second kappa shape index (κ2) is 3.59. The van der Waals surface area contributed by atoms with Crippen molar-refractivity contribution in [3.05, 3.63) is 29.7 Å². The summed E-state index contributed by atoms with van der Waals surface area (Å²) in [4.78, 5) is 4.42. The molecule has 1 saturated carbocycles. The molecule has 0 spiro atoms. The predicted octanol–water partition coefficient (Wildman–Crippen LogP) is 2.49. The highest BCUT2D eigenvalue weighted by Gasteiger charge is 2.39. The van der Waals surface area contributed by atoms with Gasteiger partial charge in [0.15, 0.2) is 11.5 Å². The summed E-state index contributed by atoms with van der Waals surface area (Å²) in [6.45, 7) is 2.31. The van der Waals surface area contributed by atoms with Gasteiger partial charge < -0.3 is 9.52 Å². The Morgan fingerprint density at radius 1 is 1.50 bits per heavy atom. The molecule has 0 unspecified atom stereocenters. The lowest BCUT2D eigenvalue weighted by Gasteiger charge is -1.98. The standard InChI is InChI=1S/C13H15NO2/c1-2-12-14-11-5-3-4-9(13(11)16-12)10-6-8(10)7-15/h3-5,8,10,15H,2,6-7H2,1H3/t8-,10+/m0/s1. The maximum atomic E-state index is 9.11. The molecular formula is C13H15NO2. The Hall–Kier alpha value is -1.35. The number of benzene rings is 1. The van der Waals surface area contributed by atoms with Crippen LogP contribution in [0.25, 0.3) is 11.1 Å². The van der Waals surface area contributed by atoms with E-state index >= 15 is 0 Å². The van der Waals surface area contributed by atoms with Crippen molar-refractivity contribution in [2.75, 3.05) is 6.61 Å². The molecule has 3 nitrogen and oxygen atoms in total. The fraction of sp³-hybridized carbons (Fsp3) is 0.462. The fourth-order valence-electron chi connectivity index (χ4n) is 2.29. The Morgan fingerprint density at radius 3 is 3.06 bits per heavy atom. The van der Waals surface area contributed by atoms with Crippen LogP contribution in [0.2, 0.25) is 0 Å². The highest BCUT2D eigenvalue weighted by Crippen LogP contribution is 2.49. The van der Waals surface area contributed by atoms with Gasteiger partial charge in [0.05, 0.1) is 0 Å². The van der Waals surface area contributed by atoms with Crippen LogP contribution in [0.4, 0.5) is 0 Å². The lowest BCUT2D eigenvalue weighted by molar-refractivity contribution is 0.274. The van der Waals surface area contributed by atoms with Gasteiger partial charge in [-0.2, -0.15) is 0 Å². The first-order valence-corrected chi connectivity index (χ1v) is 5.82. The van der Waals surface area contributed by atoms with Gasteiger partial charge in [-0.25, -0.2) is 4.98 Å². The maximum Gasteiger partial charge on any atom is 0.195 e. The number of hydrogen-bond acceptors (Lipinski definition) is 3. The van der Waals surface area contributed by atoms with Crippen LogP contribution in [0.1, 0.15) is 30.7 Å². The molecule has 1 aromatic carbocycles. The van der Waals surface area contributed by atoms with Gasteiger partial charge in [0.25, 0.3) is 0 Å². The van der Waals surface area contributed by atoms with Gasteiger partial charge in [-0.3, -0.25) is 0 Å². The van der Waals surface area contributed by atoms with E-state index in [0.29, 0.717) is 11.8 Å². The Labute approximate surface area is 94.1 Å². The van der Waals surface area contributed by atoms with E-state index in [1.807, 2.05) is 19.1 Å². The molecule has 3 rings (SSSR count). The monoisotopic (exact) mass is 217 g/mol. The van der Waals surface area contributed by atoms with Gasteiger partial charge in [0, 0.05) is 18.6 Å². The van der Waals surface area contributed by atoms with Gasteiger partial charge >= 0.3 is 0 Å². The molecule has 84 valence electrons. The second-order valence-corrected chi connectivity index (χ2v) is 4.44. The van der Waals surface area contributed by atoms with E-state index in [2.05, 4.69) is 11.1 Å². The number of aromatic nitrogens is 1. The fourth-order valence-corrected chi connectivity index (χ4v) is 2.29. The van der Waals surface area contributed by atoms with Gasteiger partial charge in [0.2, 0.25) is 0 Å². The summed E-state index contributed by atoms with van der Waals surface area (Å²) in [5.41, 5.74) is 3.07. The smallest absolute Gasteiger partial charge is 0.195 e. The molecule has 1 fully saturated rings. The molecule has 0 saturated heterocycles. The minimum Gasteiger partial charge on any atom is -0.440 e. The molecule has 1 heterocycles. The first-order chi connectivity index (χ1) is 7.83. The number of fused-ring (bicyclic) bond motifs is 1. The third-order valence-electron chi connectivity index (χ3n) is 3.35. The summed E-state index contributed by atoms with van der Waals surface area (Å²) in [5.74, 6) is 1.68. The highest BCUT2D eigenvalue weighted by atomic mass is 16.3. The van der Waals surface area contributed by atoms with E-state index in [9.17, 15) is 0 Å². The normalized spacial score (nSPS) is 23.9. The summed E-state index contributed by atoms with van der Waals surface area (Å²) in [5, 5.41) is 9.11. The van der Waals surface area contributed by atoms with E-state index in [1.54, 1.807) is 0 Å². The molecule has 1 aromatic heterocycles. The van der Waals surface area contributed by atoms with Crippen molar-refractivity contribution in [3.8, 4) is 0 Å². The highest BCUT2D eigenvalue weighted by molar-refractivity contribution is 5.77. The Kier molecular flexibility index (Phi) is 2.21. The number of aliphatic hydroxyl groups is 1. The molecule has 0 radical (unpaired) electrons. The lowest BCUT2D eigenvalue weighted by Crippen LogP contribution is -1.89. The van der Waals surface area contributed by atoms with E-state index < -0.39 is 0 Å². The van der Waals surface area contributed by atoms with Crippen LogP contribution in [-0.2, 0) is 6.42 Å². The number of oxazole rings is 1. The van der Waals surface area contributed by atoms with Crippen molar-refractivity contribution < 1.29 is 9.52 Å². The summed E-state index contributed by atoms with van der Waals surface area (Å²) in [7, 11) is 0. The van der Waals surface area contributed by atoms with Crippen molar-refractivity contribution in [2.24, 2.45) is 5.92 Å². The average Bonchev–Trinajstić information content (AvgIpc) is 2.98. The summed E-state index contributed by atoms with van der Waals surface area (Å²) in [6.07, 6.45) is 1.89. The van der Waals surface area contributed by atoms with Crippen LogP contribution < -0.4 is 0 Å². The van der Waals surface area contributed by atoms with Crippen LogP contribution in [0.5, 0.6) is 0 Å². The van der Waals surface area contributed by atoms with Crippen molar-refractivity contribution in [1.82, 2.24) is 4.98 Å². The molecule has 0 aliphatic heterocycles. The molecule has 0 bridgehead atoms. The van der Waals surface area contributed by atoms with Gasteiger partial charge in [-0.05, 0) is 24.3 Å². The number of hydrogen-bond donors (Lipinski definition) is 1. The minimum absolute atomic E-state index is 0.274. The van der Waals surface area contributed by atoms with Crippen molar-refractivity contribution in [3.63, 3.8) is 0 Å². The molecule has 16 heavy (non-hydrogen) atoms. The molecule has 2 aromatic rings. The zero-order valence-corrected chi connectivity index (χ0v) is 9.31. The third kappa shape index (κ3) is 1.43. The van der Waals surface area contributed by atoms with E-state index in [-0.39, 0.29) is 6.61 Å². The van der Waals surface area contributed by atoms with Crippen LogP contribution in [-0.4, -0.2) is 16.7 Å². The Bertz CT molecular complexity index is 518. The molecule has 1 aliphatic carbocycles. The Balaban J connectivity index is 2.07. The number of aliphatic hydroxyl groups excluding tert-OH is 1. The van der Waals surface area contributed by atoms with Crippen LogP contribution in [0.3, 0.4) is 0 Å². The quantitative estimate of drug-likeness (QED) is 0.859. The zero-order chi connectivity index (χ0) is 11.1. The Morgan fingerprint density at radius 2 is 2.38 bits per heavy atom. The molecule has 2 atom stereocenters. The molecular weight excluding hydrogens is 202 g/mol. The summed E-state index contributed by atoms with van der Waals surface area (Å²) < 4.78 is 5.75. The first-order valence-electron chi connectivity index (χ1n) is 5.82. The van der Waals surface area contributed by atoms with E-state index in [0.717, 1.165) is 29.8 Å². The first kappa shape index (κ1) is 9.85.